The van der Waals surface area contributed by atoms with Crippen molar-refractivity contribution in [1.82, 2.24) is 0 Å². The number of alkyl halides is 1. The molecule has 0 saturated heterocycles. The maximum atomic E-state index is 10.1. The van der Waals surface area contributed by atoms with Gasteiger partial charge < -0.3 is 5.11 Å². The Labute approximate surface area is 112 Å². The predicted octanol–water partition coefficient (Wildman–Crippen LogP) is 3.99. The number of halogens is 1. The predicted molar refractivity (Wildman–Crippen MR) is 76.2 cm³/mol. The first kappa shape index (κ1) is 13.1. The third kappa shape index (κ3) is 1.77. The first-order valence-electron chi connectivity index (χ1n) is 6.17. The van der Waals surface area contributed by atoms with Gasteiger partial charge in [0.1, 0.15) is 0 Å². The third-order valence-corrected chi connectivity index (χ3v) is 6.40. The van der Waals surface area contributed by atoms with Gasteiger partial charge in [-0.15, -0.1) is 0 Å². The molecule has 0 aromatic heterocycles. The highest BCUT2D eigenvalue weighted by atomic mass is 79.9. The number of allylic oxidation sites excluding steroid dienone is 4. The highest BCUT2D eigenvalue weighted by molar-refractivity contribution is 9.09. The van der Waals surface area contributed by atoms with Crippen LogP contribution in [0.2, 0.25) is 0 Å². The van der Waals surface area contributed by atoms with Crippen molar-refractivity contribution in [1.29, 1.82) is 0 Å². The van der Waals surface area contributed by atoms with E-state index in [2.05, 4.69) is 61.5 Å². The normalized spacial score (nSPS) is 40.5. The summed E-state index contributed by atoms with van der Waals surface area (Å²) in [4.78, 5) is 0.108. The summed E-state index contributed by atoms with van der Waals surface area (Å²) in [6.07, 6.45) is 8.12. The van der Waals surface area contributed by atoms with Gasteiger partial charge in [-0.1, -0.05) is 65.7 Å². The van der Waals surface area contributed by atoms with E-state index < -0.39 is 0 Å². The number of aliphatic hydroxyl groups excluding tert-OH is 1. The van der Waals surface area contributed by atoms with Crippen LogP contribution < -0.4 is 0 Å². The SMILES string of the molecule is C=C1C[C@H](O)[C@H](Br)C(C)(C)[C@]12C=CC(C)=CC2. The van der Waals surface area contributed by atoms with E-state index in [1.165, 1.54) is 5.57 Å². The average Bonchev–Trinajstić information content (AvgIpc) is 2.27. The number of rotatable bonds is 0. The Bertz CT molecular complexity index is 405. The molecular formula is C15H21BrO. The van der Waals surface area contributed by atoms with Gasteiger partial charge in [-0.25, -0.2) is 0 Å². The highest BCUT2D eigenvalue weighted by Gasteiger charge is 2.54. The van der Waals surface area contributed by atoms with Gasteiger partial charge in [0.25, 0.3) is 0 Å². The summed E-state index contributed by atoms with van der Waals surface area (Å²) in [6.45, 7) is 10.8. The quantitative estimate of drug-likeness (QED) is 0.529. The van der Waals surface area contributed by atoms with E-state index in [0.29, 0.717) is 6.42 Å². The summed E-state index contributed by atoms with van der Waals surface area (Å²) < 4.78 is 0. The van der Waals surface area contributed by atoms with Gasteiger partial charge in [-0.2, -0.15) is 0 Å². The maximum Gasteiger partial charge on any atom is 0.0708 e. The average molecular weight is 297 g/mol. The largest absolute Gasteiger partial charge is 0.392 e. The van der Waals surface area contributed by atoms with Crippen molar-refractivity contribution >= 4 is 15.9 Å². The molecule has 2 aliphatic rings. The molecule has 2 heteroatoms. The van der Waals surface area contributed by atoms with Gasteiger partial charge >= 0.3 is 0 Å². The van der Waals surface area contributed by atoms with E-state index in [1.54, 1.807) is 0 Å². The molecule has 0 aromatic carbocycles. The minimum absolute atomic E-state index is 0.0140. The van der Waals surface area contributed by atoms with Gasteiger partial charge in [0, 0.05) is 10.2 Å². The van der Waals surface area contributed by atoms with Gasteiger partial charge in [0.2, 0.25) is 0 Å². The molecule has 1 spiro atoms. The molecule has 94 valence electrons. The molecule has 3 atom stereocenters. The number of hydrogen-bond acceptors (Lipinski definition) is 1. The molecule has 1 saturated carbocycles. The Morgan fingerprint density at radius 1 is 1.47 bits per heavy atom. The molecule has 2 rings (SSSR count). The van der Waals surface area contributed by atoms with Crippen LogP contribution in [-0.4, -0.2) is 16.0 Å². The van der Waals surface area contributed by atoms with Crippen molar-refractivity contribution in [2.45, 2.75) is 44.5 Å². The molecule has 1 nitrogen and oxygen atoms in total. The summed E-state index contributed by atoms with van der Waals surface area (Å²) in [5, 5.41) is 10.1. The molecule has 0 aromatic rings. The fourth-order valence-corrected chi connectivity index (χ4v) is 3.79. The lowest BCUT2D eigenvalue weighted by molar-refractivity contribution is 0.0350. The van der Waals surface area contributed by atoms with Gasteiger partial charge in [0.15, 0.2) is 0 Å². The summed E-state index contributed by atoms with van der Waals surface area (Å²) in [5.41, 5.74) is 2.43. The first-order valence-corrected chi connectivity index (χ1v) is 7.09. The maximum absolute atomic E-state index is 10.1. The second kappa shape index (κ2) is 4.10. The minimum Gasteiger partial charge on any atom is -0.392 e. The zero-order chi connectivity index (χ0) is 12.8. The highest BCUT2D eigenvalue weighted by Crippen LogP contribution is 2.59. The van der Waals surface area contributed by atoms with Gasteiger partial charge in [-0.3, -0.25) is 0 Å². The van der Waals surface area contributed by atoms with Gasteiger partial charge in [0.05, 0.1) is 6.10 Å². The molecule has 0 radical (unpaired) electrons. The van der Waals surface area contributed by atoms with Crippen molar-refractivity contribution in [3.63, 3.8) is 0 Å². The van der Waals surface area contributed by atoms with Crippen molar-refractivity contribution < 1.29 is 5.11 Å². The Morgan fingerprint density at radius 3 is 2.65 bits per heavy atom. The molecular weight excluding hydrogens is 276 g/mol. The number of aliphatic hydroxyl groups is 1. The van der Waals surface area contributed by atoms with Crippen LogP contribution in [0, 0.1) is 10.8 Å². The van der Waals surface area contributed by atoms with Crippen molar-refractivity contribution in [3.8, 4) is 0 Å². The molecule has 0 heterocycles. The fourth-order valence-electron chi connectivity index (χ4n) is 3.19. The van der Waals surface area contributed by atoms with Crippen LogP contribution in [-0.2, 0) is 0 Å². The molecule has 0 aliphatic heterocycles. The molecule has 1 N–H and O–H groups in total. The van der Waals surface area contributed by atoms with E-state index in [9.17, 15) is 5.11 Å². The second-order valence-corrected chi connectivity index (χ2v) is 6.94. The van der Waals surface area contributed by atoms with E-state index >= 15 is 0 Å². The molecule has 2 aliphatic carbocycles. The molecule has 0 amide bonds. The lowest BCUT2D eigenvalue weighted by Crippen LogP contribution is -2.53. The van der Waals surface area contributed by atoms with Crippen molar-refractivity contribution in [3.05, 3.63) is 36.0 Å². The smallest absolute Gasteiger partial charge is 0.0708 e. The van der Waals surface area contributed by atoms with Crippen molar-refractivity contribution in [2.75, 3.05) is 0 Å². The fraction of sp³-hybridized carbons (Fsp3) is 0.600. The second-order valence-electron chi connectivity index (χ2n) is 5.96. The van der Waals surface area contributed by atoms with Gasteiger partial charge in [-0.05, 0) is 25.2 Å². The lowest BCUT2D eigenvalue weighted by Gasteiger charge is -2.55. The van der Waals surface area contributed by atoms with E-state index in [0.717, 1.165) is 12.0 Å². The summed E-state index contributed by atoms with van der Waals surface area (Å²) in [5.74, 6) is 0. The monoisotopic (exact) mass is 296 g/mol. The molecule has 17 heavy (non-hydrogen) atoms. The van der Waals surface area contributed by atoms with Crippen molar-refractivity contribution in [2.24, 2.45) is 10.8 Å². The Morgan fingerprint density at radius 2 is 2.12 bits per heavy atom. The van der Waals surface area contributed by atoms with Crippen LogP contribution in [0.25, 0.3) is 0 Å². The lowest BCUT2D eigenvalue weighted by atomic mass is 9.52. The Hall–Kier alpha value is -0.340. The summed E-state index contributed by atoms with van der Waals surface area (Å²) >= 11 is 3.68. The zero-order valence-corrected chi connectivity index (χ0v) is 12.4. The summed E-state index contributed by atoms with van der Waals surface area (Å²) in [7, 11) is 0. The van der Waals surface area contributed by atoms with E-state index in [1.807, 2.05) is 0 Å². The first-order chi connectivity index (χ1) is 7.81. The van der Waals surface area contributed by atoms with E-state index in [4.69, 9.17) is 0 Å². The van der Waals surface area contributed by atoms with Crippen LogP contribution in [0.4, 0.5) is 0 Å². The molecule has 1 fully saturated rings. The van der Waals surface area contributed by atoms with E-state index in [-0.39, 0.29) is 21.8 Å². The van der Waals surface area contributed by atoms with Crippen LogP contribution in [0.15, 0.2) is 36.0 Å². The third-order valence-electron chi connectivity index (χ3n) is 4.64. The topological polar surface area (TPSA) is 20.2 Å². The van der Waals surface area contributed by atoms with Crippen LogP contribution in [0.3, 0.4) is 0 Å². The minimum atomic E-state index is -0.330. The summed E-state index contributed by atoms with van der Waals surface area (Å²) in [6, 6.07) is 0. The Kier molecular flexibility index (Phi) is 3.16. The molecule has 0 unspecified atom stereocenters. The number of hydrogen-bond donors (Lipinski definition) is 1. The van der Waals surface area contributed by atoms with Crippen LogP contribution >= 0.6 is 15.9 Å². The van der Waals surface area contributed by atoms with Crippen LogP contribution in [0.5, 0.6) is 0 Å². The Balaban J connectivity index is 2.45. The standard InChI is InChI=1S/C15H21BrO/c1-10-5-7-15(8-6-10)11(2)9-12(17)13(16)14(15,3)4/h5-7,12-13,17H,2,8-9H2,1,3-4H3/t12-,13-,15-/m0/s1. The zero-order valence-electron chi connectivity index (χ0n) is 10.8. The molecule has 0 bridgehead atoms. The van der Waals surface area contributed by atoms with Crippen LogP contribution in [0.1, 0.15) is 33.6 Å².